The molecule has 0 aromatic heterocycles. The third kappa shape index (κ3) is 2.64. The summed E-state index contributed by atoms with van der Waals surface area (Å²) in [7, 11) is 0. The van der Waals surface area contributed by atoms with Gasteiger partial charge >= 0.3 is 11.9 Å². The van der Waals surface area contributed by atoms with Crippen LogP contribution in [0.15, 0.2) is 30.3 Å². The Morgan fingerprint density at radius 1 is 1.24 bits per heavy atom. The lowest BCUT2D eigenvalue weighted by Crippen LogP contribution is -2.40. The average Bonchev–Trinajstić information content (AvgIpc) is 2.27. The molecule has 2 atom stereocenters. The zero-order valence-corrected chi connectivity index (χ0v) is 9.88. The Morgan fingerprint density at radius 3 is 2.18 bits per heavy atom. The molecule has 0 aliphatic carbocycles. The van der Waals surface area contributed by atoms with E-state index in [9.17, 15) is 14.7 Å². The van der Waals surface area contributed by atoms with Crippen LogP contribution in [0.25, 0.3) is 0 Å². The maximum Gasteiger partial charge on any atom is 0.314 e. The molecule has 0 aliphatic rings. The molecule has 17 heavy (non-hydrogen) atoms. The van der Waals surface area contributed by atoms with E-state index in [1.165, 1.54) is 0 Å². The van der Waals surface area contributed by atoms with Gasteiger partial charge in [-0.2, -0.15) is 0 Å². The summed E-state index contributed by atoms with van der Waals surface area (Å²) in [4.78, 5) is 22.2. The highest BCUT2D eigenvalue weighted by Gasteiger charge is 2.41. The molecule has 0 heterocycles. The Hall–Kier alpha value is -1.84. The van der Waals surface area contributed by atoms with Gasteiger partial charge in [0.1, 0.15) is 0 Å². The molecule has 2 unspecified atom stereocenters. The topological polar surface area (TPSA) is 74.6 Å². The molecule has 4 heteroatoms. The summed E-state index contributed by atoms with van der Waals surface area (Å²) in [5, 5.41) is 18.2. The molecular formula is C13H16O4. The molecule has 0 radical (unpaired) electrons. The Bertz CT molecular complexity index is 413. The van der Waals surface area contributed by atoms with E-state index in [0.717, 1.165) is 0 Å². The van der Waals surface area contributed by atoms with Crippen molar-refractivity contribution in [3.63, 3.8) is 0 Å². The summed E-state index contributed by atoms with van der Waals surface area (Å²) in [6.07, 6.45) is -0.169. The monoisotopic (exact) mass is 236 g/mol. The minimum Gasteiger partial charge on any atom is -0.481 e. The van der Waals surface area contributed by atoms with E-state index in [1.807, 2.05) is 0 Å². The summed E-state index contributed by atoms with van der Waals surface area (Å²) < 4.78 is 0. The second-order valence-electron chi connectivity index (χ2n) is 4.37. The highest BCUT2D eigenvalue weighted by Crippen LogP contribution is 2.34. The molecule has 0 amide bonds. The highest BCUT2D eigenvalue weighted by molar-refractivity contribution is 5.82. The predicted octanol–water partition coefficient (Wildman–Crippen LogP) is 2.14. The number of rotatable bonds is 5. The smallest absolute Gasteiger partial charge is 0.314 e. The maximum absolute atomic E-state index is 11.5. The van der Waals surface area contributed by atoms with Crippen LogP contribution in [-0.2, 0) is 15.0 Å². The van der Waals surface area contributed by atoms with Crippen molar-refractivity contribution in [1.29, 1.82) is 0 Å². The van der Waals surface area contributed by atoms with Crippen LogP contribution in [0.4, 0.5) is 0 Å². The minimum atomic E-state index is -1.18. The summed E-state index contributed by atoms with van der Waals surface area (Å²) in [5.41, 5.74) is -0.555. The third-order valence-electron chi connectivity index (χ3n) is 3.28. The molecule has 0 fully saturated rings. The Kier molecular flexibility index (Phi) is 3.89. The van der Waals surface area contributed by atoms with Gasteiger partial charge in [0.05, 0.1) is 5.41 Å². The van der Waals surface area contributed by atoms with Crippen molar-refractivity contribution in [3.05, 3.63) is 35.9 Å². The van der Waals surface area contributed by atoms with E-state index in [1.54, 1.807) is 44.2 Å². The molecule has 0 aliphatic heterocycles. The quantitative estimate of drug-likeness (QED) is 0.821. The first-order valence-electron chi connectivity index (χ1n) is 5.39. The van der Waals surface area contributed by atoms with Crippen LogP contribution in [0.5, 0.6) is 0 Å². The second kappa shape index (κ2) is 4.99. The Labute approximate surface area is 99.9 Å². The zero-order valence-electron chi connectivity index (χ0n) is 9.88. The van der Waals surface area contributed by atoms with Gasteiger partial charge < -0.3 is 10.2 Å². The maximum atomic E-state index is 11.5. The van der Waals surface area contributed by atoms with Gasteiger partial charge in [-0.1, -0.05) is 37.3 Å². The SMILES string of the molecule is CC(CC(=O)O)C(C)(C(=O)O)c1ccccc1. The van der Waals surface area contributed by atoms with Gasteiger partial charge in [-0.15, -0.1) is 0 Å². The molecule has 92 valence electrons. The van der Waals surface area contributed by atoms with Crippen LogP contribution in [-0.4, -0.2) is 22.2 Å². The number of aliphatic carboxylic acids is 2. The van der Waals surface area contributed by atoms with Gasteiger partial charge in [0.2, 0.25) is 0 Å². The third-order valence-corrected chi connectivity index (χ3v) is 3.28. The predicted molar refractivity (Wildman–Crippen MR) is 62.8 cm³/mol. The number of benzene rings is 1. The van der Waals surface area contributed by atoms with Crippen molar-refractivity contribution in [2.24, 2.45) is 5.92 Å². The minimum absolute atomic E-state index is 0.169. The first kappa shape index (κ1) is 13.2. The van der Waals surface area contributed by atoms with Crippen molar-refractivity contribution in [1.82, 2.24) is 0 Å². The Morgan fingerprint density at radius 2 is 1.76 bits per heavy atom. The molecular weight excluding hydrogens is 220 g/mol. The summed E-state index contributed by atoms with van der Waals surface area (Å²) in [6.45, 7) is 3.22. The number of carboxylic acids is 2. The molecule has 2 N–H and O–H groups in total. The lowest BCUT2D eigenvalue weighted by atomic mass is 9.71. The van der Waals surface area contributed by atoms with Crippen LogP contribution >= 0.6 is 0 Å². The molecule has 0 saturated carbocycles. The van der Waals surface area contributed by atoms with Gasteiger partial charge in [-0.25, -0.2) is 0 Å². The van der Waals surface area contributed by atoms with E-state index in [2.05, 4.69) is 0 Å². The molecule has 4 nitrogen and oxygen atoms in total. The number of hydrogen-bond donors (Lipinski definition) is 2. The van der Waals surface area contributed by atoms with E-state index in [4.69, 9.17) is 5.11 Å². The number of carbonyl (C=O) groups is 2. The second-order valence-corrected chi connectivity index (χ2v) is 4.37. The van der Waals surface area contributed by atoms with Gasteiger partial charge in [-0.05, 0) is 18.4 Å². The first-order chi connectivity index (χ1) is 7.89. The van der Waals surface area contributed by atoms with Gasteiger partial charge in [0, 0.05) is 6.42 Å². The van der Waals surface area contributed by atoms with E-state index in [0.29, 0.717) is 5.56 Å². The molecule has 1 aromatic carbocycles. The fourth-order valence-corrected chi connectivity index (χ4v) is 1.87. The van der Waals surface area contributed by atoms with Crippen LogP contribution < -0.4 is 0 Å². The highest BCUT2D eigenvalue weighted by atomic mass is 16.4. The van der Waals surface area contributed by atoms with Crippen molar-refractivity contribution < 1.29 is 19.8 Å². The van der Waals surface area contributed by atoms with Crippen molar-refractivity contribution in [2.45, 2.75) is 25.7 Å². The fraction of sp³-hybridized carbons (Fsp3) is 0.385. The molecule has 0 spiro atoms. The van der Waals surface area contributed by atoms with Crippen LogP contribution in [0.2, 0.25) is 0 Å². The molecule has 0 bridgehead atoms. The lowest BCUT2D eigenvalue weighted by molar-refractivity contribution is -0.147. The fourth-order valence-electron chi connectivity index (χ4n) is 1.87. The van der Waals surface area contributed by atoms with Crippen molar-refractivity contribution in [2.75, 3.05) is 0 Å². The van der Waals surface area contributed by atoms with Gasteiger partial charge in [-0.3, -0.25) is 9.59 Å². The van der Waals surface area contributed by atoms with E-state index >= 15 is 0 Å². The summed E-state index contributed by atoms with van der Waals surface area (Å²) in [5.74, 6) is -2.47. The summed E-state index contributed by atoms with van der Waals surface area (Å²) >= 11 is 0. The number of carboxylic acid groups (broad SMARTS) is 2. The first-order valence-corrected chi connectivity index (χ1v) is 5.39. The Balaban J connectivity index is 3.14. The number of hydrogen-bond acceptors (Lipinski definition) is 2. The van der Waals surface area contributed by atoms with E-state index < -0.39 is 23.3 Å². The lowest BCUT2D eigenvalue weighted by Gasteiger charge is -2.31. The normalized spacial score (nSPS) is 15.9. The summed E-state index contributed by atoms with van der Waals surface area (Å²) in [6, 6.07) is 8.74. The van der Waals surface area contributed by atoms with Crippen LogP contribution in [0.3, 0.4) is 0 Å². The van der Waals surface area contributed by atoms with Crippen LogP contribution in [0, 0.1) is 5.92 Å². The molecule has 1 aromatic rings. The largest absolute Gasteiger partial charge is 0.481 e. The average molecular weight is 236 g/mol. The van der Waals surface area contributed by atoms with Gasteiger partial charge in [0.15, 0.2) is 0 Å². The van der Waals surface area contributed by atoms with Crippen molar-refractivity contribution in [3.8, 4) is 0 Å². The van der Waals surface area contributed by atoms with Crippen molar-refractivity contribution >= 4 is 11.9 Å². The standard InChI is InChI=1S/C13H16O4/c1-9(8-11(14)15)13(2,12(16)17)10-6-4-3-5-7-10/h3-7,9H,8H2,1-2H3,(H,14,15)(H,16,17). The van der Waals surface area contributed by atoms with Gasteiger partial charge in [0.25, 0.3) is 0 Å². The molecule has 0 saturated heterocycles. The van der Waals surface area contributed by atoms with Crippen LogP contribution in [0.1, 0.15) is 25.8 Å². The molecule has 1 rings (SSSR count). The van der Waals surface area contributed by atoms with E-state index in [-0.39, 0.29) is 6.42 Å². The zero-order chi connectivity index (χ0) is 13.1.